The minimum Gasteiger partial charge on any atom is -0.399 e. The highest BCUT2D eigenvalue weighted by molar-refractivity contribution is 5.93. The maximum absolute atomic E-state index is 9.12. The van der Waals surface area contributed by atoms with E-state index in [0.717, 1.165) is 22.4 Å². The number of aromatic nitrogens is 4. The number of hydrogen-bond donors (Lipinski definition) is 2. The summed E-state index contributed by atoms with van der Waals surface area (Å²) in [5.74, 6) is 0.785. The van der Waals surface area contributed by atoms with Crippen molar-refractivity contribution in [2.45, 2.75) is 6.54 Å². The molecule has 0 fully saturated rings. The molecule has 2 aromatic heterocycles. The second kappa shape index (κ2) is 4.40. The summed E-state index contributed by atoms with van der Waals surface area (Å²) in [6, 6.07) is 5.64. The van der Waals surface area contributed by atoms with Gasteiger partial charge in [-0.15, -0.1) is 0 Å². The van der Waals surface area contributed by atoms with Gasteiger partial charge >= 0.3 is 0 Å². The van der Waals surface area contributed by atoms with Crippen molar-refractivity contribution in [3.63, 3.8) is 0 Å². The molecule has 98 valence electrons. The van der Waals surface area contributed by atoms with E-state index in [4.69, 9.17) is 10.8 Å². The highest BCUT2D eigenvalue weighted by Gasteiger charge is 2.15. The Morgan fingerprint density at radius 1 is 1.37 bits per heavy atom. The number of benzene rings is 1. The predicted octanol–water partition coefficient (Wildman–Crippen LogP) is 1.01. The Bertz CT molecular complexity index is 728. The number of hydrogen-bond acceptors (Lipinski definition) is 4. The van der Waals surface area contributed by atoms with Gasteiger partial charge in [0.25, 0.3) is 0 Å². The van der Waals surface area contributed by atoms with E-state index in [0.29, 0.717) is 12.2 Å². The van der Waals surface area contributed by atoms with Crippen LogP contribution in [0.25, 0.3) is 22.4 Å². The molecule has 0 aliphatic rings. The number of imidazole rings is 1. The van der Waals surface area contributed by atoms with E-state index in [2.05, 4.69) is 10.1 Å². The molecular formula is C13H15N5O. The molecule has 0 spiro atoms. The average molecular weight is 257 g/mol. The van der Waals surface area contributed by atoms with Crippen LogP contribution < -0.4 is 5.73 Å². The van der Waals surface area contributed by atoms with Crippen LogP contribution in [0.1, 0.15) is 0 Å². The summed E-state index contributed by atoms with van der Waals surface area (Å²) < 4.78 is 3.69. The maximum atomic E-state index is 9.12. The Morgan fingerprint density at radius 2 is 2.21 bits per heavy atom. The van der Waals surface area contributed by atoms with Crippen molar-refractivity contribution in [2.75, 3.05) is 12.3 Å². The molecule has 0 unspecified atom stereocenters. The maximum Gasteiger partial charge on any atom is 0.160 e. The molecule has 0 aliphatic carbocycles. The fraction of sp³-hybridized carbons (Fsp3) is 0.231. The van der Waals surface area contributed by atoms with Crippen LogP contribution in [0, 0.1) is 0 Å². The quantitative estimate of drug-likeness (QED) is 0.686. The summed E-state index contributed by atoms with van der Waals surface area (Å²) in [6.45, 7) is 0.492. The fourth-order valence-corrected chi connectivity index (χ4v) is 2.22. The number of nitrogens with two attached hydrogens (primary N) is 1. The first-order valence-corrected chi connectivity index (χ1v) is 6.05. The Labute approximate surface area is 110 Å². The molecule has 3 aromatic rings. The van der Waals surface area contributed by atoms with Crippen molar-refractivity contribution in [1.82, 2.24) is 19.3 Å². The van der Waals surface area contributed by atoms with E-state index < -0.39 is 0 Å². The first-order valence-electron chi connectivity index (χ1n) is 6.05. The zero-order valence-corrected chi connectivity index (χ0v) is 10.6. The van der Waals surface area contributed by atoms with E-state index in [-0.39, 0.29) is 6.61 Å². The minimum absolute atomic E-state index is 0.0428. The number of aryl methyl sites for hydroxylation is 1. The molecular weight excluding hydrogens is 242 g/mol. The summed E-state index contributed by atoms with van der Waals surface area (Å²) in [4.78, 5) is 4.32. The minimum atomic E-state index is 0.0428. The molecule has 0 radical (unpaired) electrons. The van der Waals surface area contributed by atoms with Crippen LogP contribution in [0.3, 0.4) is 0 Å². The summed E-state index contributed by atoms with van der Waals surface area (Å²) in [7, 11) is 1.92. The molecule has 6 heteroatoms. The van der Waals surface area contributed by atoms with E-state index >= 15 is 0 Å². The SMILES string of the molecule is Cn1ccnc1-c1nn(CCO)c2ccc(N)cc12. The lowest BCUT2D eigenvalue weighted by atomic mass is 10.2. The van der Waals surface area contributed by atoms with Crippen molar-refractivity contribution in [3.05, 3.63) is 30.6 Å². The topological polar surface area (TPSA) is 81.9 Å². The predicted molar refractivity (Wildman–Crippen MR) is 73.4 cm³/mol. The Hall–Kier alpha value is -2.34. The van der Waals surface area contributed by atoms with Crippen LogP contribution in [-0.2, 0) is 13.6 Å². The molecule has 1 aromatic carbocycles. The Balaban J connectivity index is 2.29. The lowest BCUT2D eigenvalue weighted by molar-refractivity contribution is 0.272. The second-order valence-electron chi connectivity index (χ2n) is 4.43. The van der Waals surface area contributed by atoms with Gasteiger partial charge in [-0.25, -0.2) is 4.98 Å². The molecule has 3 rings (SSSR count). The van der Waals surface area contributed by atoms with Crippen LogP contribution in [0.5, 0.6) is 0 Å². The number of nitrogens with zero attached hydrogens (tertiary/aromatic N) is 4. The molecule has 0 atom stereocenters. The van der Waals surface area contributed by atoms with Gasteiger partial charge in [0, 0.05) is 30.5 Å². The van der Waals surface area contributed by atoms with E-state index in [1.54, 1.807) is 10.9 Å². The molecule has 0 bridgehead atoms. The van der Waals surface area contributed by atoms with Gasteiger partial charge in [-0.3, -0.25) is 4.68 Å². The van der Waals surface area contributed by atoms with Crippen LogP contribution >= 0.6 is 0 Å². The van der Waals surface area contributed by atoms with Gasteiger partial charge in [-0.1, -0.05) is 0 Å². The van der Waals surface area contributed by atoms with Gasteiger partial charge in [0.2, 0.25) is 0 Å². The van der Waals surface area contributed by atoms with Crippen molar-refractivity contribution in [1.29, 1.82) is 0 Å². The first-order chi connectivity index (χ1) is 9.20. The number of nitrogen functional groups attached to an aromatic ring is 1. The van der Waals surface area contributed by atoms with E-state index in [1.807, 2.05) is 36.0 Å². The Morgan fingerprint density at radius 3 is 2.89 bits per heavy atom. The zero-order chi connectivity index (χ0) is 13.4. The van der Waals surface area contributed by atoms with Crippen LogP contribution in [-0.4, -0.2) is 31.0 Å². The number of rotatable bonds is 3. The number of aliphatic hydroxyl groups is 1. The van der Waals surface area contributed by atoms with Crippen molar-refractivity contribution in [3.8, 4) is 11.5 Å². The summed E-state index contributed by atoms with van der Waals surface area (Å²) in [5, 5.41) is 14.6. The lowest BCUT2D eigenvalue weighted by Crippen LogP contribution is -2.04. The molecule has 6 nitrogen and oxygen atoms in total. The highest BCUT2D eigenvalue weighted by Crippen LogP contribution is 2.28. The van der Waals surface area contributed by atoms with Gasteiger partial charge in [0.15, 0.2) is 5.82 Å². The molecule has 0 saturated heterocycles. The van der Waals surface area contributed by atoms with Gasteiger partial charge in [-0.2, -0.15) is 5.10 Å². The van der Waals surface area contributed by atoms with Crippen molar-refractivity contribution >= 4 is 16.6 Å². The first kappa shape index (κ1) is 11.7. The molecule has 3 N–H and O–H groups in total. The number of anilines is 1. The van der Waals surface area contributed by atoms with Crippen molar-refractivity contribution in [2.24, 2.45) is 7.05 Å². The normalized spacial score (nSPS) is 11.3. The third-order valence-electron chi connectivity index (χ3n) is 3.12. The standard InChI is InChI=1S/C13H15N5O/c1-17-5-4-15-13(17)12-10-8-9(14)2-3-11(10)18(16-12)6-7-19/h2-5,8,19H,6-7,14H2,1H3. The van der Waals surface area contributed by atoms with Crippen molar-refractivity contribution < 1.29 is 5.11 Å². The van der Waals surface area contributed by atoms with Crippen LogP contribution in [0.4, 0.5) is 5.69 Å². The van der Waals surface area contributed by atoms with Gasteiger partial charge < -0.3 is 15.4 Å². The number of fused-ring (bicyclic) bond motifs is 1. The monoisotopic (exact) mass is 257 g/mol. The molecule has 0 amide bonds. The zero-order valence-electron chi connectivity index (χ0n) is 10.6. The van der Waals surface area contributed by atoms with Gasteiger partial charge in [0.1, 0.15) is 5.69 Å². The molecule has 0 aliphatic heterocycles. The summed E-state index contributed by atoms with van der Waals surface area (Å²) in [6.07, 6.45) is 3.61. The van der Waals surface area contributed by atoms with Crippen LogP contribution in [0.15, 0.2) is 30.6 Å². The second-order valence-corrected chi connectivity index (χ2v) is 4.43. The molecule has 0 saturated carbocycles. The third-order valence-corrected chi connectivity index (χ3v) is 3.12. The molecule has 2 heterocycles. The summed E-state index contributed by atoms with van der Waals surface area (Å²) >= 11 is 0. The number of aliphatic hydroxyl groups excluding tert-OH is 1. The summed E-state index contributed by atoms with van der Waals surface area (Å²) in [5.41, 5.74) is 8.27. The van der Waals surface area contributed by atoms with Gasteiger partial charge in [-0.05, 0) is 18.2 Å². The fourth-order valence-electron chi connectivity index (χ4n) is 2.22. The van der Waals surface area contributed by atoms with Crippen LogP contribution in [0.2, 0.25) is 0 Å². The smallest absolute Gasteiger partial charge is 0.160 e. The average Bonchev–Trinajstić information content (AvgIpc) is 2.94. The van der Waals surface area contributed by atoms with E-state index in [1.165, 1.54) is 0 Å². The van der Waals surface area contributed by atoms with Gasteiger partial charge in [0.05, 0.1) is 18.7 Å². The lowest BCUT2D eigenvalue weighted by Gasteiger charge is -1.99. The Kier molecular flexibility index (Phi) is 2.72. The van der Waals surface area contributed by atoms with E-state index in [9.17, 15) is 0 Å². The largest absolute Gasteiger partial charge is 0.399 e. The third kappa shape index (κ3) is 1.86. The highest BCUT2D eigenvalue weighted by atomic mass is 16.3. The molecule has 19 heavy (non-hydrogen) atoms.